The van der Waals surface area contributed by atoms with Gasteiger partial charge in [0.25, 0.3) is 0 Å². The number of carbonyl (C=O) groups is 3. The van der Waals surface area contributed by atoms with Gasteiger partial charge in [-0.15, -0.1) is 0 Å². The first kappa shape index (κ1) is 23.8. The van der Waals surface area contributed by atoms with Crippen LogP contribution in [0.2, 0.25) is 0 Å². The van der Waals surface area contributed by atoms with Crippen molar-refractivity contribution in [3.05, 3.63) is 83.9 Å². The second kappa shape index (κ2) is 10.7. The van der Waals surface area contributed by atoms with Gasteiger partial charge in [0.2, 0.25) is 5.91 Å². The molecular formula is C27H26N2O6. The summed E-state index contributed by atoms with van der Waals surface area (Å²) in [5.41, 5.74) is 4.91. The minimum Gasteiger partial charge on any atom is -0.482 e. The fourth-order valence-electron chi connectivity index (χ4n) is 4.17. The van der Waals surface area contributed by atoms with Gasteiger partial charge in [0.1, 0.15) is 18.4 Å². The summed E-state index contributed by atoms with van der Waals surface area (Å²) in [5.74, 6) is -1.28. The number of benzene rings is 3. The fourth-order valence-corrected chi connectivity index (χ4v) is 4.17. The Hall–Kier alpha value is -4.33. The van der Waals surface area contributed by atoms with E-state index in [2.05, 4.69) is 22.8 Å². The summed E-state index contributed by atoms with van der Waals surface area (Å²) in [7, 11) is 0. The summed E-state index contributed by atoms with van der Waals surface area (Å²) in [6, 6.07) is 21.7. The number of amides is 2. The quantitative estimate of drug-likeness (QED) is 0.423. The molecular weight excluding hydrogens is 448 g/mol. The zero-order chi connectivity index (χ0) is 24.8. The van der Waals surface area contributed by atoms with Crippen LogP contribution in [-0.4, -0.2) is 42.3 Å². The molecule has 35 heavy (non-hydrogen) atoms. The normalized spacial score (nSPS) is 12.7. The fraction of sp³-hybridized carbons (Fsp3) is 0.222. The van der Waals surface area contributed by atoms with E-state index in [-0.39, 0.29) is 12.5 Å². The highest BCUT2D eigenvalue weighted by Crippen LogP contribution is 2.44. The molecule has 1 aliphatic rings. The minimum atomic E-state index is -1.10. The third-order valence-corrected chi connectivity index (χ3v) is 5.82. The van der Waals surface area contributed by atoms with Crippen molar-refractivity contribution in [3.8, 4) is 16.9 Å². The van der Waals surface area contributed by atoms with E-state index in [1.165, 1.54) is 6.07 Å². The number of hydrogen-bond acceptors (Lipinski definition) is 5. The second-order valence-corrected chi connectivity index (χ2v) is 8.13. The Bertz CT molecular complexity index is 1200. The highest BCUT2D eigenvalue weighted by atomic mass is 16.5. The maximum absolute atomic E-state index is 12.7. The Morgan fingerprint density at radius 2 is 1.60 bits per heavy atom. The van der Waals surface area contributed by atoms with Gasteiger partial charge in [-0.25, -0.2) is 9.59 Å². The monoisotopic (exact) mass is 474 g/mol. The lowest BCUT2D eigenvalue weighted by Gasteiger charge is -2.19. The Kier molecular flexibility index (Phi) is 7.30. The summed E-state index contributed by atoms with van der Waals surface area (Å²) >= 11 is 0. The topological polar surface area (TPSA) is 114 Å². The number of ether oxygens (including phenoxy) is 2. The van der Waals surface area contributed by atoms with Gasteiger partial charge in [-0.2, -0.15) is 0 Å². The molecule has 0 saturated heterocycles. The van der Waals surface area contributed by atoms with E-state index in [0.29, 0.717) is 17.9 Å². The van der Waals surface area contributed by atoms with Crippen LogP contribution in [0.3, 0.4) is 0 Å². The Morgan fingerprint density at radius 1 is 0.943 bits per heavy atom. The molecule has 180 valence electrons. The molecule has 0 aromatic heterocycles. The molecule has 0 radical (unpaired) electrons. The van der Waals surface area contributed by atoms with Crippen molar-refractivity contribution in [2.75, 3.05) is 18.5 Å². The molecule has 8 heteroatoms. The number of rotatable bonds is 9. The molecule has 4 rings (SSSR count). The van der Waals surface area contributed by atoms with Gasteiger partial charge < -0.3 is 25.2 Å². The highest BCUT2D eigenvalue weighted by Gasteiger charge is 2.29. The minimum absolute atomic E-state index is 0.0735. The number of fused-ring (bicyclic) bond motifs is 3. The maximum Gasteiger partial charge on any atom is 0.407 e. The lowest BCUT2D eigenvalue weighted by Crippen LogP contribution is -2.43. The van der Waals surface area contributed by atoms with Crippen LogP contribution < -0.4 is 15.4 Å². The van der Waals surface area contributed by atoms with Crippen LogP contribution in [0.5, 0.6) is 5.75 Å². The van der Waals surface area contributed by atoms with Crippen LogP contribution >= 0.6 is 0 Å². The van der Waals surface area contributed by atoms with Gasteiger partial charge in [-0.3, -0.25) is 4.79 Å². The summed E-state index contributed by atoms with van der Waals surface area (Å²) in [6.07, 6.45) is -0.321. The van der Waals surface area contributed by atoms with Crippen LogP contribution in [0, 0.1) is 0 Å². The van der Waals surface area contributed by atoms with Crippen molar-refractivity contribution in [2.24, 2.45) is 0 Å². The van der Waals surface area contributed by atoms with Gasteiger partial charge in [0, 0.05) is 17.7 Å². The third-order valence-electron chi connectivity index (χ3n) is 5.82. The lowest BCUT2D eigenvalue weighted by atomic mass is 9.98. The zero-order valence-electron chi connectivity index (χ0n) is 19.2. The number of carboxylic acids is 1. The molecule has 0 aliphatic heterocycles. The first-order valence-electron chi connectivity index (χ1n) is 11.3. The molecule has 0 saturated carbocycles. The summed E-state index contributed by atoms with van der Waals surface area (Å²) < 4.78 is 10.7. The van der Waals surface area contributed by atoms with E-state index in [1.807, 2.05) is 36.4 Å². The molecule has 8 nitrogen and oxygen atoms in total. The van der Waals surface area contributed by atoms with Gasteiger partial charge in [-0.05, 0) is 40.8 Å². The molecule has 1 aliphatic carbocycles. The highest BCUT2D eigenvalue weighted by molar-refractivity contribution is 5.96. The number of carbonyl (C=O) groups excluding carboxylic acids is 2. The molecule has 0 spiro atoms. The number of anilines is 1. The van der Waals surface area contributed by atoms with Crippen LogP contribution in [0.25, 0.3) is 11.1 Å². The van der Waals surface area contributed by atoms with Crippen molar-refractivity contribution in [2.45, 2.75) is 25.3 Å². The smallest absolute Gasteiger partial charge is 0.407 e. The van der Waals surface area contributed by atoms with Crippen molar-refractivity contribution in [1.82, 2.24) is 5.32 Å². The maximum atomic E-state index is 12.7. The average molecular weight is 475 g/mol. The first-order chi connectivity index (χ1) is 17.0. The van der Waals surface area contributed by atoms with Crippen LogP contribution in [-0.2, 0) is 14.3 Å². The van der Waals surface area contributed by atoms with E-state index in [1.54, 1.807) is 25.1 Å². The zero-order valence-corrected chi connectivity index (χ0v) is 19.2. The predicted octanol–water partition coefficient (Wildman–Crippen LogP) is 4.41. The van der Waals surface area contributed by atoms with Crippen molar-refractivity contribution >= 4 is 23.7 Å². The average Bonchev–Trinajstić information content (AvgIpc) is 3.18. The van der Waals surface area contributed by atoms with E-state index in [0.717, 1.165) is 22.3 Å². The number of alkyl carbamates (subject to hydrolysis) is 1. The third kappa shape index (κ3) is 5.60. The summed E-state index contributed by atoms with van der Waals surface area (Å²) in [6.45, 7) is 1.44. The van der Waals surface area contributed by atoms with Gasteiger partial charge >= 0.3 is 12.1 Å². The van der Waals surface area contributed by atoms with E-state index < -0.39 is 30.6 Å². The van der Waals surface area contributed by atoms with E-state index >= 15 is 0 Å². The first-order valence-corrected chi connectivity index (χ1v) is 11.3. The number of nitrogens with one attached hydrogen (secondary N) is 2. The van der Waals surface area contributed by atoms with Crippen molar-refractivity contribution < 1.29 is 29.0 Å². The molecule has 0 unspecified atom stereocenters. The molecule has 3 N–H and O–H groups in total. The number of hydrogen-bond donors (Lipinski definition) is 3. The van der Waals surface area contributed by atoms with Crippen molar-refractivity contribution in [3.63, 3.8) is 0 Å². The molecule has 0 bridgehead atoms. The molecule has 3 aromatic carbocycles. The predicted molar refractivity (Wildman–Crippen MR) is 130 cm³/mol. The van der Waals surface area contributed by atoms with Gasteiger partial charge in [0.15, 0.2) is 6.61 Å². The Morgan fingerprint density at radius 3 is 2.23 bits per heavy atom. The lowest BCUT2D eigenvalue weighted by molar-refractivity contribution is -0.139. The number of aliphatic carboxylic acids is 1. The largest absolute Gasteiger partial charge is 0.482 e. The summed E-state index contributed by atoms with van der Waals surface area (Å²) in [4.78, 5) is 36.0. The van der Waals surface area contributed by atoms with Crippen LogP contribution in [0.1, 0.15) is 30.4 Å². The molecule has 3 aromatic rings. The second-order valence-electron chi connectivity index (χ2n) is 8.13. The van der Waals surface area contributed by atoms with Crippen LogP contribution in [0.15, 0.2) is 72.8 Å². The van der Waals surface area contributed by atoms with Gasteiger partial charge in [-0.1, -0.05) is 61.5 Å². The number of carboxylic acid groups (broad SMARTS) is 1. The van der Waals surface area contributed by atoms with Crippen molar-refractivity contribution in [1.29, 1.82) is 0 Å². The van der Waals surface area contributed by atoms with Crippen LogP contribution in [0.4, 0.5) is 10.5 Å². The summed E-state index contributed by atoms with van der Waals surface area (Å²) in [5, 5.41) is 14.1. The van der Waals surface area contributed by atoms with Gasteiger partial charge in [0.05, 0.1) is 0 Å². The Balaban J connectivity index is 1.35. The standard InChI is InChI=1S/C27H26N2O6/c1-2-24(26(32)28-17-8-7-9-18(14-17)34-16-25(30)31)29-27(33)35-15-23-21-12-5-3-10-19(21)20-11-4-6-13-22(20)23/h3-14,23-24H,2,15-16H2,1H3,(H,28,32)(H,29,33)(H,30,31)/t24-/m1/s1. The molecule has 0 heterocycles. The SMILES string of the molecule is CC[C@@H](NC(=O)OCC1c2ccccc2-c2ccccc21)C(=O)Nc1cccc(OCC(=O)O)c1. The van der Waals surface area contributed by atoms with E-state index in [4.69, 9.17) is 14.6 Å². The Labute approximate surface area is 202 Å². The molecule has 2 amide bonds. The molecule has 1 atom stereocenters. The molecule has 0 fully saturated rings. The van der Waals surface area contributed by atoms with E-state index in [9.17, 15) is 14.4 Å².